The number of hydrogen-bond donors (Lipinski definition) is 1. The van der Waals surface area contributed by atoms with Gasteiger partial charge in [0.1, 0.15) is 6.61 Å². The van der Waals surface area contributed by atoms with E-state index in [0.29, 0.717) is 24.5 Å². The summed E-state index contributed by atoms with van der Waals surface area (Å²) in [5, 5.41) is 3.28. The fraction of sp³-hybridized carbons (Fsp3) is 0.600. The predicted molar refractivity (Wildman–Crippen MR) is 71.6 cm³/mol. The quantitative estimate of drug-likeness (QED) is 0.732. The largest absolute Gasteiger partial charge is 0.375 e. The van der Waals surface area contributed by atoms with Crippen molar-refractivity contribution in [3.05, 3.63) is 35.9 Å². The summed E-state index contributed by atoms with van der Waals surface area (Å²) in [7, 11) is 1.93. The van der Waals surface area contributed by atoms with E-state index in [-0.39, 0.29) is 0 Å². The Morgan fingerprint density at radius 2 is 2.05 bits per heavy atom. The third-order valence-corrected chi connectivity index (χ3v) is 3.77. The second-order valence-corrected chi connectivity index (χ2v) is 5.07. The first kappa shape index (κ1) is 14.4. The van der Waals surface area contributed by atoms with Crippen LogP contribution < -0.4 is 5.32 Å². The molecule has 0 aromatic heterocycles. The van der Waals surface area contributed by atoms with Gasteiger partial charge in [-0.15, -0.1) is 0 Å². The lowest BCUT2D eigenvalue weighted by Crippen LogP contribution is -2.29. The second-order valence-electron chi connectivity index (χ2n) is 5.07. The van der Waals surface area contributed by atoms with Gasteiger partial charge in [0.25, 0.3) is 6.43 Å². The smallest absolute Gasteiger partial charge is 0.261 e. The highest BCUT2D eigenvalue weighted by Crippen LogP contribution is 2.49. The van der Waals surface area contributed by atoms with E-state index in [0.717, 1.165) is 6.42 Å². The molecule has 0 aliphatic heterocycles. The van der Waals surface area contributed by atoms with Crippen LogP contribution in [0.15, 0.2) is 30.3 Å². The van der Waals surface area contributed by atoms with Gasteiger partial charge in [0, 0.05) is 12.6 Å². The molecule has 0 amide bonds. The van der Waals surface area contributed by atoms with E-state index >= 15 is 0 Å². The molecule has 3 unspecified atom stereocenters. The van der Waals surface area contributed by atoms with E-state index in [9.17, 15) is 8.78 Å². The van der Waals surface area contributed by atoms with E-state index in [1.54, 1.807) is 0 Å². The van der Waals surface area contributed by atoms with E-state index in [1.807, 2.05) is 13.1 Å². The predicted octanol–water partition coefficient (Wildman–Crippen LogP) is 3.05. The van der Waals surface area contributed by atoms with E-state index in [2.05, 4.69) is 29.6 Å². The molecule has 106 valence electrons. The Kier molecular flexibility index (Phi) is 5.28. The molecule has 2 rings (SSSR count). The summed E-state index contributed by atoms with van der Waals surface area (Å²) >= 11 is 0. The van der Waals surface area contributed by atoms with Crippen molar-refractivity contribution in [2.24, 2.45) is 5.92 Å². The first-order chi connectivity index (χ1) is 9.22. The van der Waals surface area contributed by atoms with Crippen molar-refractivity contribution < 1.29 is 13.5 Å². The van der Waals surface area contributed by atoms with Crippen molar-refractivity contribution >= 4 is 0 Å². The van der Waals surface area contributed by atoms with Crippen LogP contribution in [0.4, 0.5) is 8.78 Å². The number of rotatable bonds is 8. The lowest BCUT2D eigenvalue weighted by molar-refractivity contribution is 0.0140. The van der Waals surface area contributed by atoms with Crippen molar-refractivity contribution in [2.45, 2.75) is 31.2 Å². The molecule has 1 saturated carbocycles. The summed E-state index contributed by atoms with van der Waals surface area (Å²) < 4.78 is 28.9. The van der Waals surface area contributed by atoms with Gasteiger partial charge in [-0.25, -0.2) is 8.78 Å². The summed E-state index contributed by atoms with van der Waals surface area (Å²) in [4.78, 5) is 0. The van der Waals surface area contributed by atoms with Crippen LogP contribution in [-0.2, 0) is 4.74 Å². The van der Waals surface area contributed by atoms with Crippen LogP contribution >= 0.6 is 0 Å². The lowest BCUT2D eigenvalue weighted by Gasteiger charge is -2.16. The molecule has 1 aromatic carbocycles. The fourth-order valence-electron chi connectivity index (χ4n) is 2.70. The van der Waals surface area contributed by atoms with Crippen LogP contribution in [-0.4, -0.2) is 32.7 Å². The summed E-state index contributed by atoms with van der Waals surface area (Å²) in [5.41, 5.74) is 1.38. The molecule has 0 bridgehead atoms. The maximum absolute atomic E-state index is 12.0. The van der Waals surface area contributed by atoms with Crippen molar-refractivity contribution in [1.82, 2.24) is 5.32 Å². The van der Waals surface area contributed by atoms with Crippen molar-refractivity contribution in [1.29, 1.82) is 0 Å². The Bertz CT molecular complexity index is 372. The molecule has 3 atom stereocenters. The van der Waals surface area contributed by atoms with Gasteiger partial charge in [0.15, 0.2) is 0 Å². The summed E-state index contributed by atoms with van der Waals surface area (Å²) in [5.74, 6) is 1.20. The van der Waals surface area contributed by atoms with Crippen LogP contribution in [0.25, 0.3) is 0 Å². The molecule has 1 aromatic rings. The Balaban J connectivity index is 1.74. The number of benzene rings is 1. The summed E-state index contributed by atoms with van der Waals surface area (Å²) in [6.07, 6.45) is -0.410. The number of nitrogens with one attached hydrogen (secondary N) is 1. The zero-order valence-electron chi connectivity index (χ0n) is 11.2. The van der Waals surface area contributed by atoms with Gasteiger partial charge in [0.05, 0.1) is 0 Å². The number of alkyl halides is 2. The molecule has 1 aliphatic rings. The van der Waals surface area contributed by atoms with Crippen LogP contribution in [0.5, 0.6) is 0 Å². The Hall–Kier alpha value is -1.00. The fourth-order valence-corrected chi connectivity index (χ4v) is 2.70. The minimum atomic E-state index is -2.37. The monoisotopic (exact) mass is 269 g/mol. The minimum Gasteiger partial charge on any atom is -0.375 e. The van der Waals surface area contributed by atoms with Gasteiger partial charge >= 0.3 is 0 Å². The maximum Gasteiger partial charge on any atom is 0.261 e. The minimum absolute atomic E-state index is 0.350. The van der Waals surface area contributed by atoms with E-state index in [1.165, 1.54) is 12.0 Å². The molecule has 0 radical (unpaired) electrons. The van der Waals surface area contributed by atoms with Gasteiger partial charge in [-0.3, -0.25) is 0 Å². The number of hydrogen-bond acceptors (Lipinski definition) is 2. The van der Waals surface area contributed by atoms with Crippen molar-refractivity contribution in [3.63, 3.8) is 0 Å². The zero-order valence-corrected chi connectivity index (χ0v) is 11.2. The van der Waals surface area contributed by atoms with Crippen molar-refractivity contribution in [2.75, 3.05) is 20.3 Å². The molecule has 0 spiro atoms. The third-order valence-electron chi connectivity index (χ3n) is 3.77. The molecule has 0 saturated heterocycles. The molecule has 2 nitrogen and oxygen atoms in total. The van der Waals surface area contributed by atoms with Crippen LogP contribution in [0.3, 0.4) is 0 Å². The average Bonchev–Trinajstić information content (AvgIpc) is 3.20. The van der Waals surface area contributed by atoms with Gasteiger partial charge in [-0.1, -0.05) is 30.3 Å². The molecule has 4 heteroatoms. The number of ether oxygens (including phenoxy) is 1. The van der Waals surface area contributed by atoms with Crippen molar-refractivity contribution in [3.8, 4) is 0 Å². The molecule has 19 heavy (non-hydrogen) atoms. The highest BCUT2D eigenvalue weighted by molar-refractivity contribution is 5.26. The van der Waals surface area contributed by atoms with Gasteiger partial charge in [0.2, 0.25) is 0 Å². The Morgan fingerprint density at radius 3 is 2.68 bits per heavy atom. The maximum atomic E-state index is 12.0. The normalized spacial score (nSPS) is 23.6. The first-order valence-corrected chi connectivity index (χ1v) is 6.80. The molecule has 1 N–H and O–H groups in total. The highest BCUT2D eigenvalue weighted by atomic mass is 19.3. The summed E-state index contributed by atoms with van der Waals surface area (Å²) in [6.45, 7) is -0.0585. The standard InChI is InChI=1S/C15H21F2NO/c1-18-14(7-8-19-10-15(16)17)13-9-12(13)11-5-3-2-4-6-11/h2-6,12-15,18H,7-10H2,1H3. The van der Waals surface area contributed by atoms with Gasteiger partial charge in [-0.05, 0) is 37.3 Å². The van der Waals surface area contributed by atoms with E-state index < -0.39 is 13.0 Å². The highest BCUT2D eigenvalue weighted by Gasteiger charge is 2.42. The molecular formula is C15H21F2NO. The zero-order chi connectivity index (χ0) is 13.7. The van der Waals surface area contributed by atoms with Crippen LogP contribution in [0.2, 0.25) is 0 Å². The average molecular weight is 269 g/mol. The van der Waals surface area contributed by atoms with E-state index in [4.69, 9.17) is 4.74 Å². The van der Waals surface area contributed by atoms with Crippen LogP contribution in [0.1, 0.15) is 24.3 Å². The first-order valence-electron chi connectivity index (χ1n) is 6.80. The van der Waals surface area contributed by atoms with Gasteiger partial charge in [-0.2, -0.15) is 0 Å². The third kappa shape index (κ3) is 4.25. The Morgan fingerprint density at radius 1 is 1.32 bits per heavy atom. The topological polar surface area (TPSA) is 21.3 Å². The molecule has 1 aliphatic carbocycles. The number of halogens is 2. The Labute approximate surface area is 113 Å². The molecule has 1 fully saturated rings. The van der Waals surface area contributed by atoms with Crippen LogP contribution in [0, 0.1) is 5.92 Å². The molecule has 0 heterocycles. The SMILES string of the molecule is CNC(CCOCC(F)F)C1CC1c1ccccc1. The molecular weight excluding hydrogens is 248 g/mol. The van der Waals surface area contributed by atoms with Gasteiger partial charge < -0.3 is 10.1 Å². The summed E-state index contributed by atoms with van der Waals surface area (Å²) in [6, 6.07) is 10.8. The second kappa shape index (κ2) is 6.96. The lowest BCUT2D eigenvalue weighted by atomic mass is 10.0.